The predicted molar refractivity (Wildman–Crippen MR) is 139 cm³/mol. The average Bonchev–Trinajstić information content (AvgIpc) is 3.22. The van der Waals surface area contributed by atoms with Crippen molar-refractivity contribution >= 4 is 16.0 Å². The third kappa shape index (κ3) is 8.92. The van der Waals surface area contributed by atoms with Gasteiger partial charge in [-0.2, -0.15) is 4.31 Å². The molecule has 0 bridgehead atoms. The Bertz CT molecular complexity index is 1240. The van der Waals surface area contributed by atoms with Crippen LogP contribution in [-0.4, -0.2) is 67.0 Å². The van der Waals surface area contributed by atoms with Crippen LogP contribution in [0.1, 0.15) is 43.4 Å². The molecule has 2 aromatic rings. The van der Waals surface area contributed by atoms with Crippen molar-refractivity contribution in [3.8, 4) is 5.75 Å². The summed E-state index contributed by atoms with van der Waals surface area (Å²) in [4.78, 5) is 10.1. The Hall–Kier alpha value is -2.67. The molecule has 216 valence electrons. The molecule has 0 fully saturated rings. The third-order valence-electron chi connectivity index (χ3n) is 6.77. The number of fused-ring (bicyclic) bond motifs is 1. The summed E-state index contributed by atoms with van der Waals surface area (Å²) in [6.07, 6.45) is -3.96. The highest BCUT2D eigenvalue weighted by Gasteiger charge is 2.36. The molecule has 0 saturated heterocycles. The number of likely N-dealkylation sites (N-methyl/N-ethyl adjacent to an activating group) is 1. The molecule has 1 unspecified atom stereocenters. The van der Waals surface area contributed by atoms with E-state index < -0.39 is 39.1 Å². The molecule has 3 rings (SSSR count). The minimum Gasteiger partial charge on any atom is -0.481 e. The van der Waals surface area contributed by atoms with Gasteiger partial charge in [0, 0.05) is 32.1 Å². The molecule has 0 saturated carbocycles. The zero-order valence-electron chi connectivity index (χ0n) is 22.2. The molecular formula is C27H35F3N2O6S. The van der Waals surface area contributed by atoms with Crippen LogP contribution in [0.5, 0.6) is 5.75 Å². The van der Waals surface area contributed by atoms with E-state index in [2.05, 4.69) is 22.2 Å². The van der Waals surface area contributed by atoms with E-state index in [0.29, 0.717) is 5.92 Å². The number of hydrogen-bond donors (Lipinski definition) is 3. The first kappa shape index (κ1) is 30.9. The quantitative estimate of drug-likeness (QED) is 0.335. The number of carbonyl (C=O) groups is 1. The van der Waals surface area contributed by atoms with Crippen LogP contribution in [0.25, 0.3) is 0 Å². The highest BCUT2D eigenvalue weighted by Crippen LogP contribution is 2.33. The molecule has 2 aromatic carbocycles. The Balaban J connectivity index is 1.63. The minimum atomic E-state index is -5.16. The minimum absolute atomic E-state index is 0.0760. The molecule has 0 aromatic heterocycles. The number of aliphatic hydroxyl groups excluding tert-OH is 1. The highest BCUT2D eigenvalue weighted by atomic mass is 32.2. The Morgan fingerprint density at radius 1 is 1.15 bits per heavy atom. The Kier molecular flexibility index (Phi) is 9.69. The molecule has 12 heteroatoms. The van der Waals surface area contributed by atoms with Crippen molar-refractivity contribution in [2.75, 3.05) is 20.1 Å². The number of hydrogen-bond acceptors (Lipinski definition) is 6. The molecule has 1 aliphatic carbocycles. The third-order valence-corrected chi connectivity index (χ3v) is 8.63. The maximum atomic E-state index is 13.1. The summed E-state index contributed by atoms with van der Waals surface area (Å²) in [5.41, 5.74) is 2.52. The van der Waals surface area contributed by atoms with Gasteiger partial charge in [-0.25, -0.2) is 8.42 Å². The lowest BCUT2D eigenvalue weighted by molar-refractivity contribution is -0.275. The number of nitrogens with one attached hydrogen (secondary N) is 1. The van der Waals surface area contributed by atoms with Crippen LogP contribution in [0, 0.1) is 5.92 Å². The standard InChI is InChI=1S/C27H35F3N2O6S/c1-26(2,15-19-12-20-6-4-5-7-21(20)13-19)31-16-22(33)17-32(3)39(36,37)24-10-8-18(9-11-25(34)35)14-23(24)38-27(28,29)30/h4-8,10,14,19,22,31,33H,9,11-13,15-17H2,1-3H3,(H,34,35). The van der Waals surface area contributed by atoms with E-state index in [1.54, 1.807) is 0 Å². The molecule has 0 aliphatic heterocycles. The van der Waals surface area contributed by atoms with Crippen molar-refractivity contribution in [1.82, 2.24) is 9.62 Å². The number of carboxylic acids is 1. The van der Waals surface area contributed by atoms with Gasteiger partial charge >= 0.3 is 12.3 Å². The average molecular weight is 573 g/mol. The maximum absolute atomic E-state index is 13.1. The Morgan fingerprint density at radius 3 is 2.33 bits per heavy atom. The lowest BCUT2D eigenvalue weighted by Crippen LogP contribution is -2.47. The molecule has 0 heterocycles. The fraction of sp³-hybridized carbons (Fsp3) is 0.519. The molecule has 8 nitrogen and oxygen atoms in total. The van der Waals surface area contributed by atoms with Crippen molar-refractivity contribution in [3.63, 3.8) is 0 Å². The van der Waals surface area contributed by atoms with Crippen LogP contribution >= 0.6 is 0 Å². The molecule has 39 heavy (non-hydrogen) atoms. The van der Waals surface area contributed by atoms with E-state index in [4.69, 9.17) is 5.11 Å². The Labute approximate surface area is 226 Å². The van der Waals surface area contributed by atoms with Crippen molar-refractivity contribution in [2.45, 2.75) is 68.9 Å². The lowest BCUT2D eigenvalue weighted by atomic mass is 9.88. The van der Waals surface area contributed by atoms with Crippen molar-refractivity contribution in [2.24, 2.45) is 5.92 Å². The number of alkyl halides is 3. The second kappa shape index (κ2) is 12.2. The number of aliphatic carboxylic acids is 1. The summed E-state index contributed by atoms with van der Waals surface area (Å²) >= 11 is 0. The van der Waals surface area contributed by atoms with Gasteiger partial charge < -0.3 is 20.3 Å². The number of benzene rings is 2. The molecule has 0 radical (unpaired) electrons. The van der Waals surface area contributed by atoms with Crippen LogP contribution in [-0.2, 0) is 34.1 Å². The van der Waals surface area contributed by atoms with E-state index in [1.165, 1.54) is 17.2 Å². The highest BCUT2D eigenvalue weighted by molar-refractivity contribution is 7.89. The number of nitrogens with zero attached hydrogens (tertiary/aromatic N) is 1. The number of carboxylic acid groups (broad SMARTS) is 1. The van der Waals surface area contributed by atoms with E-state index in [-0.39, 0.29) is 37.0 Å². The zero-order valence-corrected chi connectivity index (χ0v) is 23.0. The van der Waals surface area contributed by atoms with E-state index in [9.17, 15) is 31.5 Å². The van der Waals surface area contributed by atoms with Gasteiger partial charge in [-0.15, -0.1) is 13.2 Å². The fourth-order valence-electron chi connectivity index (χ4n) is 4.99. The summed E-state index contributed by atoms with van der Waals surface area (Å²) in [6, 6.07) is 11.4. The van der Waals surface area contributed by atoms with Gasteiger partial charge in [0.15, 0.2) is 0 Å². The van der Waals surface area contributed by atoms with E-state index >= 15 is 0 Å². The molecule has 0 amide bonds. The number of aryl methyl sites for hydroxylation is 1. The van der Waals surface area contributed by atoms with Gasteiger partial charge in [-0.3, -0.25) is 4.79 Å². The van der Waals surface area contributed by atoms with Crippen molar-refractivity contribution in [1.29, 1.82) is 0 Å². The number of ether oxygens (including phenoxy) is 1. The number of aliphatic hydroxyl groups is 1. The molecule has 0 spiro atoms. The van der Waals surface area contributed by atoms with Gasteiger partial charge in [0.05, 0.1) is 6.10 Å². The molecule has 1 atom stereocenters. The van der Waals surface area contributed by atoms with Crippen molar-refractivity contribution < 1.29 is 41.3 Å². The van der Waals surface area contributed by atoms with E-state index in [0.717, 1.165) is 42.7 Å². The number of β-amino-alcohol motifs (C(OH)–C–C–N with tert-alkyl or cyclic N) is 1. The first-order valence-electron chi connectivity index (χ1n) is 12.6. The second-order valence-electron chi connectivity index (χ2n) is 10.7. The van der Waals surface area contributed by atoms with Gasteiger partial charge in [-0.1, -0.05) is 30.3 Å². The smallest absolute Gasteiger partial charge is 0.481 e. The topological polar surface area (TPSA) is 116 Å². The van der Waals surface area contributed by atoms with Crippen LogP contribution in [0.15, 0.2) is 47.4 Å². The Morgan fingerprint density at radius 2 is 1.77 bits per heavy atom. The number of sulfonamides is 1. The van der Waals surface area contributed by atoms with Gasteiger partial charge in [0.25, 0.3) is 0 Å². The summed E-state index contributed by atoms with van der Waals surface area (Å²) in [6.45, 7) is 3.73. The first-order valence-corrected chi connectivity index (χ1v) is 14.1. The van der Waals surface area contributed by atoms with Gasteiger partial charge in [0.1, 0.15) is 10.6 Å². The number of rotatable bonds is 13. The number of halogens is 3. The normalized spacial score (nSPS) is 15.4. The summed E-state index contributed by atoms with van der Waals surface area (Å²) in [5, 5.41) is 22.7. The summed E-state index contributed by atoms with van der Waals surface area (Å²) in [7, 11) is -3.32. The molecule has 3 N–H and O–H groups in total. The van der Waals surface area contributed by atoms with E-state index in [1.807, 2.05) is 26.0 Å². The van der Waals surface area contributed by atoms with Crippen LogP contribution in [0.3, 0.4) is 0 Å². The van der Waals surface area contributed by atoms with Crippen LogP contribution < -0.4 is 10.1 Å². The van der Waals surface area contributed by atoms with Crippen LogP contribution in [0.2, 0.25) is 0 Å². The fourth-order valence-corrected chi connectivity index (χ4v) is 6.29. The van der Waals surface area contributed by atoms with Gasteiger partial charge in [-0.05, 0) is 74.3 Å². The SMILES string of the molecule is CN(CC(O)CNC(C)(C)CC1Cc2ccccc2C1)S(=O)(=O)c1ccc(CCC(=O)O)cc1OC(F)(F)F. The zero-order chi connectivity index (χ0) is 29.0. The van der Waals surface area contributed by atoms with Crippen molar-refractivity contribution in [3.05, 3.63) is 59.2 Å². The summed E-state index contributed by atoms with van der Waals surface area (Å²) < 4.78 is 70.1. The first-order chi connectivity index (χ1) is 18.1. The maximum Gasteiger partial charge on any atom is 0.573 e. The summed E-state index contributed by atoms with van der Waals surface area (Å²) in [5.74, 6) is -1.66. The predicted octanol–water partition coefficient (Wildman–Crippen LogP) is 3.76. The largest absolute Gasteiger partial charge is 0.573 e. The second-order valence-corrected chi connectivity index (χ2v) is 12.7. The van der Waals surface area contributed by atoms with Crippen LogP contribution in [0.4, 0.5) is 13.2 Å². The molecular weight excluding hydrogens is 537 g/mol. The molecule has 1 aliphatic rings. The van der Waals surface area contributed by atoms with Gasteiger partial charge in [0.2, 0.25) is 10.0 Å². The monoisotopic (exact) mass is 572 g/mol. The lowest BCUT2D eigenvalue weighted by Gasteiger charge is -2.31.